The molecule has 1 rings (SSSR count). The molecule has 0 spiro atoms. The summed E-state index contributed by atoms with van der Waals surface area (Å²) in [5, 5.41) is 4.10. The average molecular weight is 303 g/mol. The minimum Gasteiger partial charge on any atom is -0.313 e. The van der Waals surface area contributed by atoms with E-state index >= 15 is 0 Å². The van der Waals surface area contributed by atoms with Crippen LogP contribution >= 0.6 is 27.5 Å². The molecule has 1 aromatic rings. The number of likely N-dealkylation sites (N-methyl/N-ethyl adjacent to an activating group) is 1. The van der Waals surface area contributed by atoms with Gasteiger partial charge in [0.25, 0.3) is 0 Å². The van der Waals surface area contributed by atoms with Crippen molar-refractivity contribution < 1.29 is 0 Å². The molecule has 0 saturated heterocycles. The van der Waals surface area contributed by atoms with Gasteiger partial charge in [-0.15, -0.1) is 0 Å². The summed E-state index contributed by atoms with van der Waals surface area (Å²) in [4.78, 5) is 0. The van der Waals surface area contributed by atoms with Crippen molar-refractivity contribution >= 4 is 33.6 Å². The minimum absolute atomic E-state index is 0.758. The molecule has 3 heteroatoms. The number of hydrogen-bond donors (Lipinski definition) is 1. The third-order valence-corrected chi connectivity index (χ3v) is 3.30. The summed E-state index contributed by atoms with van der Waals surface area (Å²) in [7, 11) is 0. The molecule has 0 radical (unpaired) electrons. The predicted molar refractivity (Wildman–Crippen MR) is 76.0 cm³/mol. The third kappa shape index (κ3) is 4.28. The summed E-state index contributed by atoms with van der Waals surface area (Å²) < 4.78 is 1.04. The van der Waals surface area contributed by atoms with Crippen LogP contribution in [0.4, 0.5) is 0 Å². The number of benzene rings is 1. The molecule has 0 atom stereocenters. The Bertz CT molecular complexity index is 374. The normalized spacial score (nSPS) is 11.9. The van der Waals surface area contributed by atoms with Gasteiger partial charge in [-0.05, 0) is 30.7 Å². The van der Waals surface area contributed by atoms with Crippen molar-refractivity contribution in [3.05, 3.63) is 38.8 Å². The van der Waals surface area contributed by atoms with E-state index in [0.29, 0.717) is 0 Å². The average Bonchev–Trinajstić information content (AvgIpc) is 2.27. The second-order valence-electron chi connectivity index (χ2n) is 3.60. The van der Waals surface area contributed by atoms with E-state index in [1.165, 1.54) is 11.1 Å². The Morgan fingerprint density at radius 1 is 1.44 bits per heavy atom. The van der Waals surface area contributed by atoms with Crippen LogP contribution in [-0.2, 0) is 0 Å². The summed E-state index contributed by atoms with van der Waals surface area (Å²) in [6.07, 6.45) is 3.27. The van der Waals surface area contributed by atoms with Gasteiger partial charge in [0, 0.05) is 16.0 Å². The van der Waals surface area contributed by atoms with Gasteiger partial charge in [0.1, 0.15) is 0 Å². The van der Waals surface area contributed by atoms with Crippen LogP contribution in [0.15, 0.2) is 28.2 Å². The first kappa shape index (κ1) is 13.8. The van der Waals surface area contributed by atoms with E-state index in [1.54, 1.807) is 0 Å². The maximum atomic E-state index is 5.91. The fourth-order valence-corrected chi connectivity index (χ4v) is 2.20. The summed E-state index contributed by atoms with van der Waals surface area (Å²) in [5.74, 6) is 0. The lowest BCUT2D eigenvalue weighted by Gasteiger charge is -2.06. The molecular formula is C13H17BrClN. The standard InChI is InChI=1S/C13H17BrClN/c1-3-10(9-16-4-2)7-11-5-6-12(15)8-13(11)14/h5-8,16H,3-4,9H2,1-2H3/b10-7+. The fourth-order valence-electron chi connectivity index (χ4n) is 1.40. The highest BCUT2D eigenvalue weighted by Gasteiger charge is 2.00. The largest absolute Gasteiger partial charge is 0.313 e. The van der Waals surface area contributed by atoms with Gasteiger partial charge in [-0.25, -0.2) is 0 Å². The van der Waals surface area contributed by atoms with E-state index in [4.69, 9.17) is 11.6 Å². The zero-order valence-corrected chi connectivity index (χ0v) is 12.0. The molecule has 1 nitrogen and oxygen atoms in total. The lowest BCUT2D eigenvalue weighted by molar-refractivity contribution is 0.762. The zero-order valence-electron chi connectivity index (χ0n) is 9.69. The molecule has 16 heavy (non-hydrogen) atoms. The Balaban J connectivity index is 2.86. The Labute approximate surface area is 111 Å². The smallest absolute Gasteiger partial charge is 0.0417 e. The first-order valence-electron chi connectivity index (χ1n) is 5.52. The molecule has 0 aliphatic rings. The topological polar surface area (TPSA) is 12.0 Å². The monoisotopic (exact) mass is 301 g/mol. The van der Waals surface area contributed by atoms with Crippen LogP contribution in [0.5, 0.6) is 0 Å². The first-order valence-corrected chi connectivity index (χ1v) is 6.69. The fraction of sp³-hybridized carbons (Fsp3) is 0.385. The molecule has 0 heterocycles. The molecule has 0 unspecified atom stereocenters. The zero-order chi connectivity index (χ0) is 12.0. The molecule has 0 fully saturated rings. The van der Waals surface area contributed by atoms with Crippen molar-refractivity contribution in [1.82, 2.24) is 5.32 Å². The summed E-state index contributed by atoms with van der Waals surface area (Å²) >= 11 is 9.43. The molecule has 0 aromatic heterocycles. The van der Waals surface area contributed by atoms with Crippen LogP contribution in [0.3, 0.4) is 0 Å². The van der Waals surface area contributed by atoms with E-state index in [0.717, 1.165) is 29.0 Å². The van der Waals surface area contributed by atoms with Gasteiger partial charge in [0.15, 0.2) is 0 Å². The van der Waals surface area contributed by atoms with Crippen LogP contribution in [0.1, 0.15) is 25.8 Å². The van der Waals surface area contributed by atoms with Gasteiger partial charge < -0.3 is 5.32 Å². The number of hydrogen-bond acceptors (Lipinski definition) is 1. The third-order valence-electron chi connectivity index (χ3n) is 2.38. The van der Waals surface area contributed by atoms with Crippen LogP contribution in [0.25, 0.3) is 6.08 Å². The van der Waals surface area contributed by atoms with E-state index in [-0.39, 0.29) is 0 Å². The van der Waals surface area contributed by atoms with Crippen LogP contribution in [0, 0.1) is 0 Å². The highest BCUT2D eigenvalue weighted by Crippen LogP contribution is 2.24. The number of rotatable bonds is 5. The second-order valence-corrected chi connectivity index (χ2v) is 4.89. The molecule has 1 aromatic carbocycles. The van der Waals surface area contributed by atoms with E-state index in [1.807, 2.05) is 18.2 Å². The molecule has 1 N–H and O–H groups in total. The minimum atomic E-state index is 0.758. The maximum Gasteiger partial charge on any atom is 0.0417 e. The van der Waals surface area contributed by atoms with Gasteiger partial charge in [0.05, 0.1) is 0 Å². The van der Waals surface area contributed by atoms with Crippen molar-refractivity contribution in [3.63, 3.8) is 0 Å². The Morgan fingerprint density at radius 2 is 2.19 bits per heavy atom. The van der Waals surface area contributed by atoms with Crippen LogP contribution in [0.2, 0.25) is 5.02 Å². The summed E-state index contributed by atoms with van der Waals surface area (Å²) in [6, 6.07) is 5.88. The van der Waals surface area contributed by atoms with E-state index < -0.39 is 0 Å². The quantitative estimate of drug-likeness (QED) is 0.844. The molecular weight excluding hydrogens is 286 g/mol. The molecule has 0 bridgehead atoms. The molecule has 0 amide bonds. The Kier molecular flexibility index (Phi) is 6.10. The van der Waals surface area contributed by atoms with Crippen molar-refractivity contribution in [3.8, 4) is 0 Å². The Hall–Kier alpha value is -0.310. The van der Waals surface area contributed by atoms with Crippen LogP contribution in [-0.4, -0.2) is 13.1 Å². The molecule has 0 aliphatic heterocycles. The molecule has 88 valence electrons. The van der Waals surface area contributed by atoms with Gasteiger partial charge >= 0.3 is 0 Å². The van der Waals surface area contributed by atoms with Crippen molar-refractivity contribution in [2.75, 3.05) is 13.1 Å². The number of halogens is 2. The number of nitrogens with one attached hydrogen (secondary N) is 1. The second kappa shape index (κ2) is 7.10. The predicted octanol–water partition coefficient (Wildman–Crippen LogP) is 4.51. The van der Waals surface area contributed by atoms with E-state index in [9.17, 15) is 0 Å². The van der Waals surface area contributed by atoms with Crippen LogP contribution < -0.4 is 5.32 Å². The molecule has 0 aliphatic carbocycles. The van der Waals surface area contributed by atoms with Gasteiger partial charge in [-0.1, -0.05) is 59.1 Å². The highest BCUT2D eigenvalue weighted by molar-refractivity contribution is 9.10. The van der Waals surface area contributed by atoms with Crippen molar-refractivity contribution in [2.45, 2.75) is 20.3 Å². The lowest BCUT2D eigenvalue weighted by Crippen LogP contribution is -2.15. The van der Waals surface area contributed by atoms with E-state index in [2.05, 4.69) is 41.2 Å². The summed E-state index contributed by atoms with van der Waals surface area (Å²) in [5.41, 5.74) is 2.57. The lowest BCUT2D eigenvalue weighted by atomic mass is 10.1. The Morgan fingerprint density at radius 3 is 2.75 bits per heavy atom. The van der Waals surface area contributed by atoms with Crippen molar-refractivity contribution in [2.24, 2.45) is 0 Å². The molecule has 0 saturated carbocycles. The first-order chi connectivity index (χ1) is 7.67. The van der Waals surface area contributed by atoms with Gasteiger partial charge in [-0.2, -0.15) is 0 Å². The van der Waals surface area contributed by atoms with Gasteiger partial charge in [-0.3, -0.25) is 0 Å². The maximum absolute atomic E-state index is 5.91. The van der Waals surface area contributed by atoms with Crippen molar-refractivity contribution in [1.29, 1.82) is 0 Å². The highest BCUT2D eigenvalue weighted by atomic mass is 79.9. The SMILES string of the molecule is CCNC/C(=C/c1ccc(Cl)cc1Br)CC. The van der Waals surface area contributed by atoms with Gasteiger partial charge in [0.2, 0.25) is 0 Å². The summed E-state index contributed by atoms with van der Waals surface area (Å²) in [6.45, 7) is 6.24.